The Hall–Kier alpha value is -3.14. The van der Waals surface area contributed by atoms with E-state index in [1.807, 2.05) is 54.6 Å². The van der Waals surface area contributed by atoms with Gasteiger partial charge in [-0.3, -0.25) is 4.79 Å². The quantitative estimate of drug-likeness (QED) is 0.710. The van der Waals surface area contributed by atoms with Gasteiger partial charge in [0.25, 0.3) is 0 Å². The van der Waals surface area contributed by atoms with Gasteiger partial charge in [0.05, 0.1) is 6.42 Å². The molecule has 0 fully saturated rings. The maximum atomic E-state index is 13.7. The summed E-state index contributed by atoms with van der Waals surface area (Å²) < 4.78 is 19.4. The van der Waals surface area contributed by atoms with Crippen LogP contribution in [0.15, 0.2) is 72.8 Å². The molecule has 25 heavy (non-hydrogen) atoms. The molecule has 0 aliphatic heterocycles. The largest absolute Gasteiger partial charge is 0.489 e. The van der Waals surface area contributed by atoms with Crippen molar-refractivity contribution in [3.8, 4) is 16.9 Å². The Morgan fingerprint density at radius 3 is 2.28 bits per heavy atom. The van der Waals surface area contributed by atoms with Crippen molar-refractivity contribution in [3.05, 3.63) is 89.7 Å². The van der Waals surface area contributed by atoms with Crippen LogP contribution in [0.4, 0.5) is 4.39 Å². The van der Waals surface area contributed by atoms with E-state index in [0.717, 1.165) is 22.4 Å². The fourth-order valence-corrected chi connectivity index (χ4v) is 2.54. The van der Waals surface area contributed by atoms with E-state index in [0.29, 0.717) is 6.61 Å². The molecule has 3 aromatic carbocycles. The van der Waals surface area contributed by atoms with E-state index in [9.17, 15) is 9.18 Å². The first kappa shape index (κ1) is 16.7. The van der Waals surface area contributed by atoms with Crippen LogP contribution in [0, 0.1) is 5.82 Å². The van der Waals surface area contributed by atoms with Crippen LogP contribution in [0.3, 0.4) is 0 Å². The van der Waals surface area contributed by atoms with E-state index < -0.39 is 11.8 Å². The Balaban J connectivity index is 1.72. The summed E-state index contributed by atoms with van der Waals surface area (Å²) in [4.78, 5) is 10.8. The summed E-state index contributed by atoms with van der Waals surface area (Å²) in [6, 6.07) is 21.8. The van der Waals surface area contributed by atoms with Crippen molar-refractivity contribution in [1.82, 2.24) is 0 Å². The lowest BCUT2D eigenvalue weighted by Crippen LogP contribution is -2.02. The van der Waals surface area contributed by atoms with Crippen LogP contribution in [-0.2, 0) is 17.8 Å². The zero-order valence-corrected chi connectivity index (χ0v) is 13.5. The van der Waals surface area contributed by atoms with Crippen LogP contribution in [0.1, 0.15) is 11.1 Å². The van der Waals surface area contributed by atoms with Crippen molar-refractivity contribution in [2.75, 3.05) is 0 Å². The maximum absolute atomic E-state index is 13.7. The predicted molar refractivity (Wildman–Crippen MR) is 93.9 cm³/mol. The van der Waals surface area contributed by atoms with Crippen molar-refractivity contribution in [2.24, 2.45) is 0 Å². The van der Waals surface area contributed by atoms with Gasteiger partial charge in [0, 0.05) is 0 Å². The zero-order chi connectivity index (χ0) is 17.6. The molecule has 3 rings (SSSR count). The Kier molecular flexibility index (Phi) is 5.09. The number of ether oxygens (including phenoxy) is 1. The van der Waals surface area contributed by atoms with Gasteiger partial charge in [-0.15, -0.1) is 0 Å². The molecule has 0 aromatic heterocycles. The minimum absolute atomic E-state index is 0.175. The van der Waals surface area contributed by atoms with E-state index in [1.54, 1.807) is 12.1 Å². The number of hydrogen-bond donors (Lipinski definition) is 1. The number of halogens is 1. The summed E-state index contributed by atoms with van der Waals surface area (Å²) in [6.07, 6.45) is -0.335. The van der Waals surface area contributed by atoms with E-state index >= 15 is 0 Å². The SMILES string of the molecule is O=C(O)Cc1cc(-c2ccc(OCc3ccccc3)cc2)ccc1F. The van der Waals surface area contributed by atoms with Crippen LogP contribution in [-0.4, -0.2) is 11.1 Å². The highest BCUT2D eigenvalue weighted by Crippen LogP contribution is 2.25. The molecule has 0 heterocycles. The second-order valence-corrected chi connectivity index (χ2v) is 5.68. The first-order chi connectivity index (χ1) is 12.1. The van der Waals surface area contributed by atoms with Crippen molar-refractivity contribution in [2.45, 2.75) is 13.0 Å². The van der Waals surface area contributed by atoms with Crippen molar-refractivity contribution in [3.63, 3.8) is 0 Å². The Bertz CT molecular complexity index is 858. The minimum atomic E-state index is -1.05. The van der Waals surface area contributed by atoms with E-state index in [2.05, 4.69) is 0 Å². The average molecular weight is 336 g/mol. The number of carboxylic acids is 1. The Labute approximate surface area is 145 Å². The number of aliphatic carboxylic acids is 1. The monoisotopic (exact) mass is 336 g/mol. The summed E-state index contributed by atoms with van der Waals surface area (Å²) in [6.45, 7) is 0.486. The molecule has 0 bridgehead atoms. The number of carboxylic acid groups (broad SMARTS) is 1. The third-order valence-corrected chi connectivity index (χ3v) is 3.82. The topological polar surface area (TPSA) is 46.5 Å². The first-order valence-corrected chi connectivity index (χ1v) is 7.89. The van der Waals surface area contributed by atoms with E-state index in [-0.39, 0.29) is 12.0 Å². The molecule has 0 amide bonds. The van der Waals surface area contributed by atoms with Gasteiger partial charge in [0.2, 0.25) is 0 Å². The lowest BCUT2D eigenvalue weighted by Gasteiger charge is -2.09. The van der Waals surface area contributed by atoms with Crippen LogP contribution < -0.4 is 4.74 Å². The molecule has 126 valence electrons. The summed E-state index contributed by atoms with van der Waals surface area (Å²) >= 11 is 0. The van der Waals surface area contributed by atoms with Gasteiger partial charge in [-0.2, -0.15) is 0 Å². The van der Waals surface area contributed by atoms with Gasteiger partial charge in [-0.25, -0.2) is 4.39 Å². The fourth-order valence-electron chi connectivity index (χ4n) is 2.54. The molecular formula is C21H17FO3. The van der Waals surface area contributed by atoms with Crippen molar-refractivity contribution >= 4 is 5.97 Å². The molecule has 3 nitrogen and oxygen atoms in total. The number of carbonyl (C=O) groups is 1. The Morgan fingerprint density at radius 1 is 0.920 bits per heavy atom. The zero-order valence-electron chi connectivity index (χ0n) is 13.5. The number of hydrogen-bond acceptors (Lipinski definition) is 2. The normalized spacial score (nSPS) is 10.4. The molecule has 0 aliphatic carbocycles. The molecule has 0 unspecified atom stereocenters. The van der Waals surface area contributed by atoms with Crippen molar-refractivity contribution < 1.29 is 19.0 Å². The lowest BCUT2D eigenvalue weighted by atomic mass is 10.0. The molecule has 0 saturated heterocycles. The van der Waals surface area contributed by atoms with Crippen LogP contribution >= 0.6 is 0 Å². The third-order valence-electron chi connectivity index (χ3n) is 3.82. The molecule has 0 radical (unpaired) electrons. The maximum Gasteiger partial charge on any atom is 0.307 e. The predicted octanol–water partition coefficient (Wildman–Crippen LogP) is 4.70. The van der Waals surface area contributed by atoms with Gasteiger partial charge >= 0.3 is 5.97 Å². The van der Waals surface area contributed by atoms with Crippen LogP contribution in [0.25, 0.3) is 11.1 Å². The molecular weight excluding hydrogens is 319 g/mol. The van der Waals surface area contributed by atoms with Gasteiger partial charge in [0.15, 0.2) is 0 Å². The molecule has 0 atom stereocenters. The molecule has 0 aliphatic rings. The molecule has 1 N–H and O–H groups in total. The smallest absolute Gasteiger partial charge is 0.307 e. The van der Waals surface area contributed by atoms with Gasteiger partial charge in [0.1, 0.15) is 18.2 Å². The van der Waals surface area contributed by atoms with E-state index in [1.165, 1.54) is 6.07 Å². The van der Waals surface area contributed by atoms with E-state index in [4.69, 9.17) is 9.84 Å². The summed E-state index contributed by atoms with van der Waals surface area (Å²) in [5.41, 5.74) is 2.91. The van der Waals surface area contributed by atoms with Crippen LogP contribution in [0.5, 0.6) is 5.75 Å². The molecule has 3 aromatic rings. The summed E-state index contributed by atoms with van der Waals surface area (Å²) in [5.74, 6) is -0.824. The highest BCUT2D eigenvalue weighted by Gasteiger charge is 2.09. The average Bonchev–Trinajstić information content (AvgIpc) is 2.63. The van der Waals surface area contributed by atoms with Crippen molar-refractivity contribution in [1.29, 1.82) is 0 Å². The highest BCUT2D eigenvalue weighted by molar-refractivity contribution is 5.72. The lowest BCUT2D eigenvalue weighted by molar-refractivity contribution is -0.136. The molecule has 0 spiro atoms. The van der Waals surface area contributed by atoms with Crippen LogP contribution in [0.2, 0.25) is 0 Å². The van der Waals surface area contributed by atoms with Gasteiger partial charge in [-0.05, 0) is 46.5 Å². The second kappa shape index (κ2) is 7.62. The minimum Gasteiger partial charge on any atom is -0.489 e. The fraction of sp³-hybridized carbons (Fsp3) is 0.0952. The second-order valence-electron chi connectivity index (χ2n) is 5.68. The van der Waals surface area contributed by atoms with Gasteiger partial charge < -0.3 is 9.84 Å². The molecule has 4 heteroatoms. The summed E-state index contributed by atoms with van der Waals surface area (Å²) in [7, 11) is 0. The number of benzene rings is 3. The third kappa shape index (κ3) is 4.44. The number of rotatable bonds is 6. The summed E-state index contributed by atoms with van der Waals surface area (Å²) in [5, 5.41) is 8.86. The molecule has 0 saturated carbocycles. The highest BCUT2D eigenvalue weighted by atomic mass is 19.1. The standard InChI is InChI=1S/C21H17FO3/c22-20-11-8-17(12-18(20)13-21(23)24)16-6-9-19(10-7-16)25-14-15-4-2-1-3-5-15/h1-12H,13-14H2,(H,23,24). The Morgan fingerprint density at radius 2 is 1.60 bits per heavy atom. The van der Waals surface area contributed by atoms with Gasteiger partial charge in [-0.1, -0.05) is 48.5 Å². The first-order valence-electron chi connectivity index (χ1n) is 7.89.